The van der Waals surface area contributed by atoms with Crippen molar-refractivity contribution in [2.24, 2.45) is 0 Å². The molecule has 0 saturated heterocycles. The second-order valence-electron chi connectivity index (χ2n) is 4.44. The molecule has 3 rings (SSSR count). The van der Waals surface area contributed by atoms with Gasteiger partial charge >= 0.3 is 0 Å². The van der Waals surface area contributed by atoms with Gasteiger partial charge in [-0.3, -0.25) is 4.68 Å². The minimum atomic E-state index is 0.385. The highest BCUT2D eigenvalue weighted by Gasteiger charge is 2.10. The summed E-state index contributed by atoms with van der Waals surface area (Å²) in [5.74, 6) is 2.05. The van der Waals surface area contributed by atoms with Crippen molar-refractivity contribution in [1.82, 2.24) is 19.3 Å². The predicted molar refractivity (Wildman–Crippen MR) is 78.1 cm³/mol. The lowest BCUT2D eigenvalue weighted by atomic mass is 10.3. The number of imidazole rings is 1. The lowest BCUT2D eigenvalue weighted by Crippen LogP contribution is -2.10. The minimum absolute atomic E-state index is 0.385. The van der Waals surface area contributed by atoms with Gasteiger partial charge in [-0.2, -0.15) is 5.10 Å². The summed E-state index contributed by atoms with van der Waals surface area (Å²) in [6.45, 7) is 1.57. The van der Waals surface area contributed by atoms with Crippen molar-refractivity contribution in [2.75, 3.05) is 7.11 Å². The van der Waals surface area contributed by atoms with E-state index in [0.29, 0.717) is 5.88 Å². The molecule has 0 atom stereocenters. The minimum Gasteiger partial charge on any atom is -0.497 e. The average molecular weight is 291 g/mol. The Morgan fingerprint density at radius 1 is 1.30 bits per heavy atom. The number of nitrogens with zero attached hydrogens (tertiary/aromatic N) is 4. The summed E-state index contributed by atoms with van der Waals surface area (Å²) in [5.41, 5.74) is 1.97. The van der Waals surface area contributed by atoms with Crippen molar-refractivity contribution in [2.45, 2.75) is 19.0 Å². The molecule has 0 fully saturated rings. The van der Waals surface area contributed by atoms with Crippen molar-refractivity contribution < 1.29 is 4.74 Å². The normalized spacial score (nSPS) is 11.1. The van der Waals surface area contributed by atoms with Crippen LogP contribution in [-0.2, 0) is 19.0 Å². The Bertz CT molecular complexity index is 705. The van der Waals surface area contributed by atoms with Gasteiger partial charge in [-0.1, -0.05) is 0 Å². The van der Waals surface area contributed by atoms with Crippen molar-refractivity contribution in [3.8, 4) is 5.75 Å². The van der Waals surface area contributed by atoms with Crippen LogP contribution in [-0.4, -0.2) is 26.4 Å². The number of alkyl halides is 1. The van der Waals surface area contributed by atoms with Crippen molar-refractivity contribution >= 4 is 22.6 Å². The van der Waals surface area contributed by atoms with E-state index < -0.39 is 0 Å². The predicted octanol–water partition coefficient (Wildman–Crippen LogP) is 2.68. The number of fused-ring (bicyclic) bond motifs is 1. The summed E-state index contributed by atoms with van der Waals surface area (Å²) >= 11 is 6.00. The smallest absolute Gasteiger partial charge is 0.124 e. The van der Waals surface area contributed by atoms with Gasteiger partial charge < -0.3 is 9.30 Å². The second-order valence-corrected chi connectivity index (χ2v) is 4.70. The van der Waals surface area contributed by atoms with Gasteiger partial charge in [0.25, 0.3) is 0 Å². The van der Waals surface area contributed by atoms with Crippen LogP contribution in [0, 0.1) is 0 Å². The number of aryl methyl sites for hydroxylation is 2. The van der Waals surface area contributed by atoms with E-state index in [1.807, 2.05) is 35.1 Å². The largest absolute Gasteiger partial charge is 0.497 e. The molecule has 0 N–H and O–H groups in total. The van der Waals surface area contributed by atoms with Gasteiger partial charge in [0.2, 0.25) is 0 Å². The van der Waals surface area contributed by atoms with Crippen LogP contribution >= 0.6 is 11.6 Å². The van der Waals surface area contributed by atoms with Gasteiger partial charge in [0, 0.05) is 25.0 Å². The third-order valence-electron chi connectivity index (χ3n) is 3.27. The maximum absolute atomic E-state index is 6.00. The third-order valence-corrected chi connectivity index (χ3v) is 3.50. The highest BCUT2D eigenvalue weighted by molar-refractivity contribution is 6.16. The van der Waals surface area contributed by atoms with Crippen LogP contribution in [0.2, 0.25) is 0 Å². The highest BCUT2D eigenvalue weighted by atomic mass is 35.5. The summed E-state index contributed by atoms with van der Waals surface area (Å²) in [7, 11) is 1.65. The maximum Gasteiger partial charge on any atom is 0.124 e. The number of halogens is 1. The summed E-state index contributed by atoms with van der Waals surface area (Å²) in [6.07, 6.45) is 3.72. The van der Waals surface area contributed by atoms with Crippen molar-refractivity contribution in [3.05, 3.63) is 42.5 Å². The van der Waals surface area contributed by atoms with Gasteiger partial charge in [0.05, 0.1) is 30.6 Å². The first kappa shape index (κ1) is 13.0. The standard InChI is InChI=1S/C14H15ClN4O/c1-20-11-3-4-13-12(9-11)17-14(10-15)19(13)8-7-18-6-2-5-16-18/h2-6,9H,7-8,10H2,1H3. The number of hydrogen-bond acceptors (Lipinski definition) is 3. The molecule has 0 radical (unpaired) electrons. The Hall–Kier alpha value is -2.01. The Balaban J connectivity index is 1.95. The lowest BCUT2D eigenvalue weighted by molar-refractivity contribution is 0.415. The van der Waals surface area contributed by atoms with E-state index >= 15 is 0 Å². The quantitative estimate of drug-likeness (QED) is 0.679. The van der Waals surface area contributed by atoms with Gasteiger partial charge in [0.15, 0.2) is 0 Å². The second kappa shape index (κ2) is 5.54. The summed E-state index contributed by atoms with van der Waals surface area (Å²) in [6, 6.07) is 7.79. The summed E-state index contributed by atoms with van der Waals surface area (Å²) < 4.78 is 9.25. The molecule has 0 bridgehead atoms. The van der Waals surface area contributed by atoms with Crippen LogP contribution < -0.4 is 4.74 Å². The number of rotatable bonds is 5. The molecule has 6 heteroatoms. The van der Waals surface area contributed by atoms with Crippen molar-refractivity contribution in [3.63, 3.8) is 0 Å². The maximum atomic E-state index is 6.00. The number of benzene rings is 1. The van der Waals surface area contributed by atoms with E-state index in [-0.39, 0.29) is 0 Å². The monoisotopic (exact) mass is 290 g/mol. The third kappa shape index (κ3) is 2.36. The SMILES string of the molecule is COc1ccc2c(c1)nc(CCl)n2CCn1cccn1. The molecule has 0 saturated carbocycles. The number of ether oxygens (including phenoxy) is 1. The molecule has 5 nitrogen and oxygen atoms in total. The fourth-order valence-corrected chi connectivity index (χ4v) is 2.48. The van der Waals surface area contributed by atoms with Gasteiger partial charge in [0.1, 0.15) is 11.6 Å². The molecular weight excluding hydrogens is 276 g/mol. The zero-order valence-corrected chi connectivity index (χ0v) is 11.9. The zero-order chi connectivity index (χ0) is 13.9. The van der Waals surface area contributed by atoms with Gasteiger partial charge in [-0.15, -0.1) is 11.6 Å². The fourth-order valence-electron chi connectivity index (χ4n) is 2.27. The van der Waals surface area contributed by atoms with Crippen LogP contribution in [0.1, 0.15) is 5.82 Å². The van der Waals surface area contributed by atoms with Crippen LogP contribution in [0.3, 0.4) is 0 Å². The van der Waals surface area contributed by atoms with Gasteiger partial charge in [-0.05, 0) is 18.2 Å². The van der Waals surface area contributed by atoms with E-state index in [2.05, 4.69) is 14.6 Å². The lowest BCUT2D eigenvalue weighted by Gasteiger charge is -2.08. The van der Waals surface area contributed by atoms with Gasteiger partial charge in [-0.25, -0.2) is 4.98 Å². The molecule has 0 aliphatic carbocycles. The first-order chi connectivity index (χ1) is 9.81. The molecule has 3 aromatic rings. The molecule has 0 aliphatic heterocycles. The van der Waals surface area contributed by atoms with E-state index in [4.69, 9.17) is 16.3 Å². The van der Waals surface area contributed by atoms with Crippen LogP contribution in [0.15, 0.2) is 36.7 Å². The molecule has 0 spiro atoms. The molecule has 0 amide bonds. The number of aromatic nitrogens is 4. The van der Waals surface area contributed by atoms with E-state index in [1.54, 1.807) is 13.3 Å². The van der Waals surface area contributed by atoms with E-state index in [9.17, 15) is 0 Å². The van der Waals surface area contributed by atoms with Crippen LogP contribution in [0.25, 0.3) is 11.0 Å². The Labute approximate surface area is 121 Å². The van der Waals surface area contributed by atoms with Crippen LogP contribution in [0.4, 0.5) is 0 Å². The molecule has 0 unspecified atom stereocenters. The van der Waals surface area contributed by atoms with Crippen molar-refractivity contribution in [1.29, 1.82) is 0 Å². The Morgan fingerprint density at radius 2 is 2.20 bits per heavy atom. The molecular formula is C14H15ClN4O. The molecule has 2 aromatic heterocycles. The summed E-state index contributed by atoms with van der Waals surface area (Å²) in [4.78, 5) is 4.56. The molecule has 2 heterocycles. The summed E-state index contributed by atoms with van der Waals surface area (Å²) in [5, 5.41) is 4.21. The highest BCUT2D eigenvalue weighted by Crippen LogP contribution is 2.22. The molecule has 0 aliphatic rings. The Morgan fingerprint density at radius 3 is 2.90 bits per heavy atom. The fraction of sp³-hybridized carbons (Fsp3) is 0.286. The van der Waals surface area contributed by atoms with Crippen LogP contribution in [0.5, 0.6) is 5.75 Å². The molecule has 104 valence electrons. The topological polar surface area (TPSA) is 44.9 Å². The Kier molecular flexibility index (Phi) is 3.60. The zero-order valence-electron chi connectivity index (χ0n) is 11.2. The number of methoxy groups -OCH3 is 1. The first-order valence-corrected chi connectivity index (χ1v) is 6.92. The molecule has 1 aromatic carbocycles. The van der Waals surface area contributed by atoms with E-state index in [0.717, 1.165) is 35.7 Å². The van der Waals surface area contributed by atoms with E-state index in [1.165, 1.54) is 0 Å². The first-order valence-electron chi connectivity index (χ1n) is 6.38. The average Bonchev–Trinajstić information content (AvgIpc) is 3.11. The molecule has 20 heavy (non-hydrogen) atoms. The number of hydrogen-bond donors (Lipinski definition) is 0.